The Bertz CT molecular complexity index is 640. The minimum atomic E-state index is -1.21. The SMILES string of the molecule is Cn1nc(C(=O)O)cc1-c1ccc(F)c(Br)c1F. The van der Waals surface area contributed by atoms with Crippen molar-refractivity contribution in [2.45, 2.75) is 0 Å². The Kier molecular flexibility index (Phi) is 3.16. The van der Waals surface area contributed by atoms with Crippen molar-refractivity contribution in [3.63, 3.8) is 0 Å². The first-order chi connectivity index (χ1) is 8.41. The maximum atomic E-state index is 13.9. The second kappa shape index (κ2) is 4.49. The van der Waals surface area contributed by atoms with Gasteiger partial charge >= 0.3 is 5.97 Å². The highest BCUT2D eigenvalue weighted by atomic mass is 79.9. The first kappa shape index (κ1) is 12.7. The molecule has 0 saturated carbocycles. The lowest BCUT2D eigenvalue weighted by molar-refractivity contribution is 0.0689. The van der Waals surface area contributed by atoms with E-state index in [1.807, 2.05) is 0 Å². The van der Waals surface area contributed by atoms with E-state index in [2.05, 4.69) is 21.0 Å². The topological polar surface area (TPSA) is 55.1 Å². The maximum Gasteiger partial charge on any atom is 0.356 e. The van der Waals surface area contributed by atoms with E-state index in [9.17, 15) is 13.6 Å². The van der Waals surface area contributed by atoms with Crippen molar-refractivity contribution in [2.75, 3.05) is 0 Å². The van der Waals surface area contributed by atoms with Crippen molar-refractivity contribution in [3.05, 3.63) is 40.0 Å². The van der Waals surface area contributed by atoms with Crippen LogP contribution in [0.1, 0.15) is 10.5 Å². The van der Waals surface area contributed by atoms with Gasteiger partial charge in [0, 0.05) is 12.6 Å². The van der Waals surface area contributed by atoms with Crippen LogP contribution >= 0.6 is 15.9 Å². The number of benzene rings is 1. The molecule has 4 nitrogen and oxygen atoms in total. The van der Waals surface area contributed by atoms with E-state index in [1.54, 1.807) is 0 Å². The Morgan fingerprint density at radius 3 is 2.67 bits per heavy atom. The Morgan fingerprint density at radius 1 is 1.44 bits per heavy atom. The summed E-state index contributed by atoms with van der Waals surface area (Å²) < 4.78 is 27.9. The average Bonchev–Trinajstić information content (AvgIpc) is 2.69. The summed E-state index contributed by atoms with van der Waals surface area (Å²) in [6, 6.07) is 3.55. The molecule has 7 heteroatoms. The van der Waals surface area contributed by atoms with Gasteiger partial charge in [-0.3, -0.25) is 4.68 Å². The van der Waals surface area contributed by atoms with Crippen molar-refractivity contribution in [1.29, 1.82) is 0 Å². The number of aromatic nitrogens is 2. The number of aromatic carboxylic acids is 1. The maximum absolute atomic E-state index is 13.9. The summed E-state index contributed by atoms with van der Waals surface area (Å²) >= 11 is 2.79. The van der Waals surface area contributed by atoms with E-state index in [0.29, 0.717) is 0 Å². The van der Waals surface area contributed by atoms with Gasteiger partial charge in [-0.15, -0.1) is 0 Å². The van der Waals surface area contributed by atoms with Crippen molar-refractivity contribution < 1.29 is 18.7 Å². The third-order valence-electron chi connectivity index (χ3n) is 2.41. The second-order valence-electron chi connectivity index (χ2n) is 3.57. The van der Waals surface area contributed by atoms with E-state index < -0.39 is 17.6 Å². The molecule has 1 N–H and O–H groups in total. The fourth-order valence-electron chi connectivity index (χ4n) is 1.55. The van der Waals surface area contributed by atoms with Gasteiger partial charge in [-0.05, 0) is 34.1 Å². The Labute approximate surface area is 109 Å². The predicted octanol–water partition coefficient (Wildman–Crippen LogP) is 2.83. The molecule has 18 heavy (non-hydrogen) atoms. The monoisotopic (exact) mass is 316 g/mol. The minimum absolute atomic E-state index is 0.0748. The highest BCUT2D eigenvalue weighted by Gasteiger charge is 2.18. The molecule has 0 aliphatic carbocycles. The van der Waals surface area contributed by atoms with E-state index in [4.69, 9.17) is 5.11 Å². The number of nitrogens with zero attached hydrogens (tertiary/aromatic N) is 2. The van der Waals surface area contributed by atoms with Crippen LogP contribution in [0.5, 0.6) is 0 Å². The summed E-state index contributed by atoms with van der Waals surface area (Å²) in [6.07, 6.45) is 0. The Hall–Kier alpha value is -1.76. The summed E-state index contributed by atoms with van der Waals surface area (Å²) in [6.45, 7) is 0. The molecule has 2 aromatic rings. The zero-order chi connectivity index (χ0) is 13.4. The number of rotatable bonds is 2. The number of aryl methyl sites for hydroxylation is 1. The third-order valence-corrected chi connectivity index (χ3v) is 3.14. The van der Waals surface area contributed by atoms with Crippen LogP contribution in [0, 0.1) is 11.6 Å². The molecule has 0 saturated heterocycles. The van der Waals surface area contributed by atoms with Gasteiger partial charge in [0.1, 0.15) is 11.6 Å². The van der Waals surface area contributed by atoms with Gasteiger partial charge in [-0.2, -0.15) is 5.10 Å². The standard InChI is InChI=1S/C11H7BrF2N2O2/c1-16-8(4-7(15-16)11(17)18)5-2-3-6(13)9(12)10(5)14/h2-4H,1H3,(H,17,18). The summed E-state index contributed by atoms with van der Waals surface area (Å²) in [4.78, 5) is 10.8. The minimum Gasteiger partial charge on any atom is -0.476 e. The lowest BCUT2D eigenvalue weighted by Gasteiger charge is -2.05. The summed E-state index contributed by atoms with van der Waals surface area (Å²) in [5, 5.41) is 12.5. The van der Waals surface area contributed by atoms with Crippen molar-refractivity contribution in [3.8, 4) is 11.3 Å². The van der Waals surface area contributed by atoms with Crippen LogP contribution in [0.4, 0.5) is 8.78 Å². The molecule has 0 aliphatic rings. The molecule has 2 rings (SSSR count). The number of carboxylic acid groups (broad SMARTS) is 1. The zero-order valence-corrected chi connectivity index (χ0v) is 10.7. The average molecular weight is 317 g/mol. The number of carbonyl (C=O) groups is 1. The molecule has 0 unspecified atom stereocenters. The molecule has 0 amide bonds. The van der Waals surface area contributed by atoms with Crippen LogP contribution in [0.25, 0.3) is 11.3 Å². The molecule has 0 fully saturated rings. The molecule has 1 aromatic carbocycles. The number of carboxylic acids is 1. The number of halogens is 3. The van der Waals surface area contributed by atoms with Gasteiger partial charge in [0.2, 0.25) is 0 Å². The highest BCUT2D eigenvalue weighted by Crippen LogP contribution is 2.30. The van der Waals surface area contributed by atoms with Crippen LogP contribution in [-0.4, -0.2) is 20.9 Å². The van der Waals surface area contributed by atoms with Gasteiger partial charge < -0.3 is 5.11 Å². The molecule has 0 aliphatic heterocycles. The molecule has 1 aromatic heterocycles. The molecular formula is C11H7BrF2N2O2. The van der Waals surface area contributed by atoms with Gasteiger partial charge in [-0.25, -0.2) is 13.6 Å². The van der Waals surface area contributed by atoms with Gasteiger partial charge in [-0.1, -0.05) is 0 Å². The number of hydrogen-bond acceptors (Lipinski definition) is 2. The van der Waals surface area contributed by atoms with Crippen LogP contribution in [-0.2, 0) is 7.05 Å². The lowest BCUT2D eigenvalue weighted by Crippen LogP contribution is -2.00. The molecular weight excluding hydrogens is 310 g/mol. The molecule has 0 radical (unpaired) electrons. The molecule has 0 bridgehead atoms. The van der Waals surface area contributed by atoms with Crippen LogP contribution < -0.4 is 0 Å². The van der Waals surface area contributed by atoms with Crippen molar-refractivity contribution >= 4 is 21.9 Å². The summed E-state index contributed by atoms with van der Waals surface area (Å²) in [7, 11) is 1.48. The largest absolute Gasteiger partial charge is 0.476 e. The molecule has 94 valence electrons. The van der Waals surface area contributed by atoms with Crippen LogP contribution in [0.15, 0.2) is 22.7 Å². The van der Waals surface area contributed by atoms with E-state index in [-0.39, 0.29) is 21.4 Å². The fourth-order valence-corrected chi connectivity index (χ4v) is 1.89. The van der Waals surface area contributed by atoms with Crippen molar-refractivity contribution in [2.24, 2.45) is 7.05 Å². The van der Waals surface area contributed by atoms with E-state index in [0.717, 1.165) is 6.07 Å². The fraction of sp³-hybridized carbons (Fsp3) is 0.0909. The Morgan fingerprint density at radius 2 is 2.11 bits per heavy atom. The molecule has 0 spiro atoms. The predicted molar refractivity (Wildman–Crippen MR) is 63.2 cm³/mol. The van der Waals surface area contributed by atoms with Gasteiger partial charge in [0.25, 0.3) is 0 Å². The van der Waals surface area contributed by atoms with Gasteiger partial charge in [0.05, 0.1) is 10.2 Å². The van der Waals surface area contributed by atoms with Crippen molar-refractivity contribution in [1.82, 2.24) is 9.78 Å². The quantitative estimate of drug-likeness (QED) is 0.867. The highest BCUT2D eigenvalue weighted by molar-refractivity contribution is 9.10. The normalized spacial score (nSPS) is 10.7. The summed E-state index contributed by atoms with van der Waals surface area (Å²) in [5.74, 6) is -2.73. The van der Waals surface area contributed by atoms with Crippen LogP contribution in [0.2, 0.25) is 0 Å². The molecule has 1 heterocycles. The zero-order valence-electron chi connectivity index (χ0n) is 9.12. The smallest absolute Gasteiger partial charge is 0.356 e. The van der Waals surface area contributed by atoms with E-state index in [1.165, 1.54) is 23.9 Å². The first-order valence-electron chi connectivity index (χ1n) is 4.83. The molecule has 0 atom stereocenters. The summed E-state index contributed by atoms with van der Waals surface area (Å²) in [5.41, 5.74) is 0.128. The first-order valence-corrected chi connectivity index (χ1v) is 5.62. The van der Waals surface area contributed by atoms with E-state index >= 15 is 0 Å². The third kappa shape index (κ3) is 2.01. The Balaban J connectivity index is 2.62. The second-order valence-corrected chi connectivity index (χ2v) is 4.36. The van der Waals surface area contributed by atoms with Gasteiger partial charge in [0.15, 0.2) is 5.69 Å². The van der Waals surface area contributed by atoms with Crippen LogP contribution in [0.3, 0.4) is 0 Å². The number of hydrogen-bond donors (Lipinski definition) is 1. The lowest BCUT2D eigenvalue weighted by atomic mass is 10.1.